The minimum absolute atomic E-state index is 0.0406. The van der Waals surface area contributed by atoms with Crippen LogP contribution in [0.5, 0.6) is 0 Å². The van der Waals surface area contributed by atoms with Crippen LogP contribution < -0.4 is 5.32 Å². The molecule has 1 aliphatic carbocycles. The molecular formula is C13H18ClN3O. The molecule has 98 valence electrons. The van der Waals surface area contributed by atoms with Gasteiger partial charge in [0, 0.05) is 6.04 Å². The number of nitrogens with zero attached hydrogens (tertiary/aromatic N) is 2. The lowest BCUT2D eigenvalue weighted by atomic mass is 9.94. The van der Waals surface area contributed by atoms with Crippen molar-refractivity contribution in [2.45, 2.75) is 50.9 Å². The van der Waals surface area contributed by atoms with Crippen molar-refractivity contribution in [2.75, 3.05) is 0 Å². The van der Waals surface area contributed by atoms with Crippen molar-refractivity contribution in [2.24, 2.45) is 0 Å². The van der Waals surface area contributed by atoms with E-state index in [0.717, 1.165) is 31.4 Å². The first-order valence-corrected chi connectivity index (χ1v) is 6.77. The maximum Gasteiger partial charge on any atom is 0.253 e. The van der Waals surface area contributed by atoms with Gasteiger partial charge in [-0.1, -0.05) is 12.8 Å². The number of nitrogens with one attached hydrogen (secondary N) is 1. The van der Waals surface area contributed by atoms with Crippen molar-refractivity contribution < 1.29 is 4.79 Å². The summed E-state index contributed by atoms with van der Waals surface area (Å²) in [4.78, 5) is 12.2. The fourth-order valence-corrected chi connectivity index (χ4v) is 2.62. The Morgan fingerprint density at radius 1 is 1.33 bits per heavy atom. The second kappa shape index (κ2) is 5.65. The maximum atomic E-state index is 12.2. The van der Waals surface area contributed by atoms with E-state index in [9.17, 15) is 4.79 Å². The van der Waals surface area contributed by atoms with E-state index in [0.29, 0.717) is 11.3 Å². The molecule has 0 saturated heterocycles. The predicted molar refractivity (Wildman–Crippen MR) is 70.9 cm³/mol. The van der Waals surface area contributed by atoms with Crippen LogP contribution in [0.1, 0.15) is 47.4 Å². The molecule has 5 heteroatoms. The number of amides is 1. The van der Waals surface area contributed by atoms with Gasteiger partial charge in [-0.05, 0) is 32.8 Å². The van der Waals surface area contributed by atoms with Gasteiger partial charge in [0.05, 0.1) is 22.3 Å². The van der Waals surface area contributed by atoms with E-state index in [1.165, 1.54) is 0 Å². The van der Waals surface area contributed by atoms with Crippen molar-refractivity contribution >= 4 is 17.5 Å². The number of halogens is 1. The number of hydrogen-bond acceptors (Lipinski definition) is 3. The second-order valence-corrected chi connectivity index (χ2v) is 5.43. The Morgan fingerprint density at radius 2 is 2.06 bits per heavy atom. The molecule has 1 aliphatic rings. The number of carbonyl (C=O) groups excluding carboxylic acids is 1. The number of aromatic nitrogens is 2. The molecule has 2 rings (SSSR count). The first kappa shape index (κ1) is 13.3. The number of aryl methyl sites for hydroxylation is 2. The zero-order valence-electron chi connectivity index (χ0n) is 10.7. The standard InChI is InChI=1S/C13H18ClN3O/c1-8-7-10(9(2)17-16-8)13(18)15-12-6-4-3-5-11(12)14/h7,11-12H,3-6H2,1-2H3,(H,15,18). The van der Waals surface area contributed by atoms with Gasteiger partial charge >= 0.3 is 0 Å². The third-order valence-electron chi connectivity index (χ3n) is 3.34. The fourth-order valence-electron chi connectivity index (χ4n) is 2.27. The third kappa shape index (κ3) is 2.99. The van der Waals surface area contributed by atoms with Crippen LogP contribution in [0.25, 0.3) is 0 Å². The van der Waals surface area contributed by atoms with Gasteiger partial charge in [0.1, 0.15) is 0 Å². The van der Waals surface area contributed by atoms with Gasteiger partial charge in [0.25, 0.3) is 5.91 Å². The molecular weight excluding hydrogens is 250 g/mol. The van der Waals surface area contributed by atoms with E-state index in [-0.39, 0.29) is 17.3 Å². The van der Waals surface area contributed by atoms with Gasteiger partial charge in [0.15, 0.2) is 0 Å². The first-order chi connectivity index (χ1) is 8.58. The summed E-state index contributed by atoms with van der Waals surface area (Å²) in [5.74, 6) is -0.0944. The molecule has 0 aliphatic heterocycles. The van der Waals surface area contributed by atoms with Crippen LogP contribution in [0.15, 0.2) is 6.07 Å². The molecule has 1 amide bonds. The zero-order chi connectivity index (χ0) is 13.1. The first-order valence-electron chi connectivity index (χ1n) is 6.34. The summed E-state index contributed by atoms with van der Waals surface area (Å²) < 4.78 is 0. The van der Waals surface area contributed by atoms with Crippen LogP contribution in [0.4, 0.5) is 0 Å². The summed E-state index contributed by atoms with van der Waals surface area (Å²) in [7, 11) is 0. The minimum atomic E-state index is -0.0944. The molecule has 1 fully saturated rings. The summed E-state index contributed by atoms with van der Waals surface area (Å²) in [6.45, 7) is 3.62. The van der Waals surface area contributed by atoms with Crippen molar-refractivity contribution in [1.82, 2.24) is 15.5 Å². The van der Waals surface area contributed by atoms with Crippen LogP contribution in [0.3, 0.4) is 0 Å². The highest BCUT2D eigenvalue weighted by Crippen LogP contribution is 2.23. The van der Waals surface area contributed by atoms with Crippen molar-refractivity contribution in [1.29, 1.82) is 0 Å². The fraction of sp³-hybridized carbons (Fsp3) is 0.615. The lowest BCUT2D eigenvalue weighted by Crippen LogP contribution is -2.43. The number of hydrogen-bond donors (Lipinski definition) is 1. The number of alkyl halides is 1. The summed E-state index contributed by atoms with van der Waals surface area (Å²) >= 11 is 6.24. The van der Waals surface area contributed by atoms with E-state index < -0.39 is 0 Å². The normalized spacial score (nSPS) is 23.7. The largest absolute Gasteiger partial charge is 0.348 e. The van der Waals surface area contributed by atoms with E-state index in [4.69, 9.17) is 11.6 Å². The van der Waals surface area contributed by atoms with Gasteiger partial charge in [-0.15, -0.1) is 11.6 Å². The Hall–Kier alpha value is -1.16. The summed E-state index contributed by atoms with van der Waals surface area (Å²) in [5.41, 5.74) is 1.99. The molecule has 18 heavy (non-hydrogen) atoms. The van der Waals surface area contributed by atoms with E-state index in [2.05, 4.69) is 15.5 Å². The molecule has 1 heterocycles. The summed E-state index contributed by atoms with van der Waals surface area (Å²) in [6.07, 6.45) is 4.20. The van der Waals surface area contributed by atoms with Crippen LogP contribution in [-0.2, 0) is 0 Å². The Balaban J connectivity index is 2.09. The minimum Gasteiger partial charge on any atom is -0.348 e. The summed E-state index contributed by atoms with van der Waals surface area (Å²) in [6, 6.07) is 1.84. The monoisotopic (exact) mass is 267 g/mol. The van der Waals surface area contributed by atoms with E-state index in [1.807, 2.05) is 6.92 Å². The molecule has 0 spiro atoms. The molecule has 1 aromatic heterocycles. The summed E-state index contributed by atoms with van der Waals surface area (Å²) in [5, 5.41) is 11.0. The molecule has 1 N–H and O–H groups in total. The third-order valence-corrected chi connectivity index (χ3v) is 3.87. The Bertz CT molecular complexity index is 450. The average Bonchev–Trinajstić information content (AvgIpc) is 2.35. The van der Waals surface area contributed by atoms with Crippen LogP contribution >= 0.6 is 11.6 Å². The Labute approximate surface area is 112 Å². The zero-order valence-corrected chi connectivity index (χ0v) is 11.5. The molecule has 0 radical (unpaired) electrons. The topological polar surface area (TPSA) is 54.9 Å². The van der Waals surface area contributed by atoms with Gasteiger partial charge in [-0.2, -0.15) is 10.2 Å². The van der Waals surface area contributed by atoms with Gasteiger partial charge in [0.2, 0.25) is 0 Å². The van der Waals surface area contributed by atoms with Crippen molar-refractivity contribution in [3.63, 3.8) is 0 Å². The van der Waals surface area contributed by atoms with E-state index in [1.54, 1.807) is 13.0 Å². The van der Waals surface area contributed by atoms with Gasteiger partial charge in [-0.3, -0.25) is 4.79 Å². The quantitative estimate of drug-likeness (QED) is 0.837. The maximum absolute atomic E-state index is 12.2. The lowest BCUT2D eigenvalue weighted by molar-refractivity contribution is 0.0927. The predicted octanol–water partition coefficient (Wildman–Crippen LogP) is 2.37. The van der Waals surface area contributed by atoms with E-state index >= 15 is 0 Å². The SMILES string of the molecule is Cc1cc(C(=O)NC2CCCCC2Cl)c(C)nn1. The average molecular weight is 268 g/mol. The molecule has 1 aromatic rings. The highest BCUT2D eigenvalue weighted by atomic mass is 35.5. The highest BCUT2D eigenvalue weighted by molar-refractivity contribution is 6.21. The second-order valence-electron chi connectivity index (χ2n) is 4.87. The number of rotatable bonds is 2. The van der Waals surface area contributed by atoms with Gasteiger partial charge in [-0.25, -0.2) is 0 Å². The lowest BCUT2D eigenvalue weighted by Gasteiger charge is -2.27. The smallest absolute Gasteiger partial charge is 0.253 e. The van der Waals surface area contributed by atoms with Crippen LogP contribution in [0, 0.1) is 13.8 Å². The molecule has 0 aromatic carbocycles. The van der Waals surface area contributed by atoms with Crippen LogP contribution in [-0.4, -0.2) is 27.5 Å². The Kier molecular flexibility index (Phi) is 4.17. The van der Waals surface area contributed by atoms with Crippen LogP contribution in [0.2, 0.25) is 0 Å². The van der Waals surface area contributed by atoms with Crippen molar-refractivity contribution in [3.05, 3.63) is 23.0 Å². The Morgan fingerprint density at radius 3 is 2.78 bits per heavy atom. The molecule has 2 atom stereocenters. The van der Waals surface area contributed by atoms with Gasteiger partial charge < -0.3 is 5.32 Å². The number of carbonyl (C=O) groups is 1. The molecule has 0 bridgehead atoms. The molecule has 2 unspecified atom stereocenters. The molecule has 4 nitrogen and oxygen atoms in total. The molecule has 1 saturated carbocycles. The van der Waals surface area contributed by atoms with Crippen molar-refractivity contribution in [3.8, 4) is 0 Å². The highest BCUT2D eigenvalue weighted by Gasteiger charge is 2.25.